The summed E-state index contributed by atoms with van der Waals surface area (Å²) in [4.78, 5) is 38.8. The summed E-state index contributed by atoms with van der Waals surface area (Å²) in [6, 6.07) is 8.02. The first kappa shape index (κ1) is 25.5. The van der Waals surface area contributed by atoms with Crippen molar-refractivity contribution in [3.63, 3.8) is 0 Å². The number of pyridine rings is 1. The Morgan fingerprint density at radius 2 is 2.02 bits per heavy atom. The zero-order valence-electron chi connectivity index (χ0n) is 23.4. The van der Waals surface area contributed by atoms with Crippen molar-refractivity contribution >= 4 is 28.8 Å². The summed E-state index contributed by atoms with van der Waals surface area (Å²) in [6.45, 7) is 2.43. The van der Waals surface area contributed by atoms with Crippen molar-refractivity contribution in [3.8, 4) is 17.0 Å². The second-order valence-corrected chi connectivity index (χ2v) is 11.3. The molecule has 0 saturated carbocycles. The molecule has 0 unspecified atom stereocenters. The lowest BCUT2D eigenvalue weighted by atomic mass is 9.88. The Kier molecular flexibility index (Phi) is 6.11. The van der Waals surface area contributed by atoms with Gasteiger partial charge in [-0.2, -0.15) is 5.10 Å². The molecule has 0 radical (unpaired) electrons. The minimum absolute atomic E-state index is 0.119. The molecular weight excluding hydrogens is 520 g/mol. The number of hydrogen-bond donors (Lipinski definition) is 2. The van der Waals surface area contributed by atoms with Crippen LogP contribution in [0.25, 0.3) is 16.6 Å². The van der Waals surface area contributed by atoms with Crippen LogP contribution >= 0.6 is 0 Å². The van der Waals surface area contributed by atoms with Crippen LogP contribution in [0.15, 0.2) is 36.8 Å². The number of amides is 2. The average molecular weight is 553 g/mol. The SMILES string of the molecule is CN(C)Cc1nc(Nc2ccc(-c3cnn4cnc5c(c34)CCO5)c3c2C(=O)NC3)ccc1[C@H]1CCN(C)C(=O)C1. The van der Waals surface area contributed by atoms with Crippen LogP contribution in [-0.4, -0.2) is 75.5 Å². The number of ether oxygens (including phenoxy) is 1. The molecule has 1 atom stereocenters. The van der Waals surface area contributed by atoms with E-state index < -0.39 is 0 Å². The lowest BCUT2D eigenvalue weighted by Gasteiger charge is -2.30. The number of aromatic nitrogens is 4. The third kappa shape index (κ3) is 4.37. The summed E-state index contributed by atoms with van der Waals surface area (Å²) in [5.41, 5.74) is 8.22. The molecule has 7 rings (SSSR count). The highest BCUT2D eigenvalue weighted by Crippen LogP contribution is 2.40. The van der Waals surface area contributed by atoms with Gasteiger partial charge in [0.1, 0.15) is 12.1 Å². The van der Waals surface area contributed by atoms with Crippen molar-refractivity contribution in [2.24, 2.45) is 0 Å². The maximum absolute atomic E-state index is 13.1. The van der Waals surface area contributed by atoms with Crippen molar-refractivity contribution in [2.45, 2.75) is 38.3 Å². The highest BCUT2D eigenvalue weighted by Gasteiger charge is 2.30. The number of nitrogens with one attached hydrogen (secondary N) is 2. The summed E-state index contributed by atoms with van der Waals surface area (Å²) in [6.07, 6.45) is 5.69. The Morgan fingerprint density at radius 3 is 2.85 bits per heavy atom. The minimum atomic E-state index is -0.119. The standard InChI is InChI=1S/C30H32N8O3/c1-36(2)15-24-18(17-8-10-37(3)26(39)12-17)5-7-25(35-24)34-23-6-4-19(21-13-31-29(40)27(21)23)22-14-33-38-16-32-30-20(28(22)38)9-11-41-30/h4-7,14,16-17H,8-13,15H2,1-3H3,(H,31,40)(H,34,35)/t17-/m0/s1. The largest absolute Gasteiger partial charge is 0.477 e. The van der Waals surface area contributed by atoms with Crippen LogP contribution in [0.2, 0.25) is 0 Å². The van der Waals surface area contributed by atoms with Gasteiger partial charge in [-0.3, -0.25) is 9.59 Å². The molecule has 0 spiro atoms. The van der Waals surface area contributed by atoms with E-state index in [9.17, 15) is 9.59 Å². The van der Waals surface area contributed by atoms with Gasteiger partial charge in [0.2, 0.25) is 11.8 Å². The van der Waals surface area contributed by atoms with Crippen LogP contribution in [0.3, 0.4) is 0 Å². The van der Waals surface area contributed by atoms with Gasteiger partial charge in [0.15, 0.2) is 0 Å². The molecule has 2 amide bonds. The van der Waals surface area contributed by atoms with Crippen LogP contribution in [-0.2, 0) is 24.3 Å². The van der Waals surface area contributed by atoms with E-state index >= 15 is 0 Å². The van der Waals surface area contributed by atoms with E-state index in [0.29, 0.717) is 49.1 Å². The first-order valence-electron chi connectivity index (χ1n) is 14.0. The molecule has 11 nitrogen and oxygen atoms in total. The summed E-state index contributed by atoms with van der Waals surface area (Å²) >= 11 is 0. The van der Waals surface area contributed by atoms with E-state index in [2.05, 4.69) is 31.7 Å². The first-order chi connectivity index (χ1) is 19.9. The normalized spacial score (nSPS) is 18.0. The molecular formula is C30H32N8O3. The number of carbonyl (C=O) groups excluding carboxylic acids is 2. The van der Waals surface area contributed by atoms with E-state index in [-0.39, 0.29) is 17.7 Å². The number of piperidine rings is 1. The highest BCUT2D eigenvalue weighted by molar-refractivity contribution is 6.06. The van der Waals surface area contributed by atoms with E-state index in [1.54, 1.807) is 15.7 Å². The second-order valence-electron chi connectivity index (χ2n) is 11.3. The van der Waals surface area contributed by atoms with Crippen molar-refractivity contribution in [1.29, 1.82) is 0 Å². The maximum Gasteiger partial charge on any atom is 0.254 e. The fourth-order valence-corrected chi connectivity index (χ4v) is 6.26. The lowest BCUT2D eigenvalue weighted by molar-refractivity contribution is -0.132. The van der Waals surface area contributed by atoms with Gasteiger partial charge in [-0.15, -0.1) is 0 Å². The molecule has 3 aliphatic rings. The molecule has 3 aromatic heterocycles. The molecule has 0 bridgehead atoms. The van der Waals surface area contributed by atoms with Gasteiger partial charge in [-0.1, -0.05) is 12.1 Å². The molecule has 1 aromatic carbocycles. The van der Waals surface area contributed by atoms with Crippen molar-refractivity contribution in [3.05, 3.63) is 64.7 Å². The summed E-state index contributed by atoms with van der Waals surface area (Å²) in [5.74, 6) is 1.51. The molecule has 1 saturated heterocycles. The average Bonchev–Trinajstić information content (AvgIpc) is 3.69. The minimum Gasteiger partial charge on any atom is -0.477 e. The van der Waals surface area contributed by atoms with Gasteiger partial charge in [0.25, 0.3) is 5.91 Å². The smallest absolute Gasteiger partial charge is 0.254 e. The lowest BCUT2D eigenvalue weighted by Crippen LogP contribution is -2.35. The highest BCUT2D eigenvalue weighted by atomic mass is 16.5. The Labute approximate surface area is 237 Å². The van der Waals surface area contributed by atoms with Gasteiger partial charge in [0, 0.05) is 50.7 Å². The van der Waals surface area contributed by atoms with E-state index in [1.165, 1.54) is 0 Å². The van der Waals surface area contributed by atoms with Crippen LogP contribution < -0.4 is 15.4 Å². The zero-order valence-corrected chi connectivity index (χ0v) is 23.4. The Hall–Kier alpha value is -4.51. The van der Waals surface area contributed by atoms with E-state index in [1.807, 2.05) is 45.5 Å². The number of fused-ring (bicyclic) bond motifs is 4. The number of benzene rings is 1. The summed E-state index contributed by atoms with van der Waals surface area (Å²) in [5, 5.41) is 11.0. The fourth-order valence-electron chi connectivity index (χ4n) is 6.26. The monoisotopic (exact) mass is 552 g/mol. The van der Waals surface area contributed by atoms with E-state index in [0.717, 1.165) is 58.4 Å². The Bertz CT molecular complexity index is 1710. The van der Waals surface area contributed by atoms with Crippen LogP contribution in [0, 0.1) is 0 Å². The Morgan fingerprint density at radius 1 is 1.15 bits per heavy atom. The molecule has 210 valence electrons. The van der Waals surface area contributed by atoms with Crippen LogP contribution in [0.1, 0.15) is 51.5 Å². The van der Waals surface area contributed by atoms with Gasteiger partial charge >= 0.3 is 0 Å². The number of anilines is 2. The van der Waals surface area contributed by atoms with Gasteiger partial charge in [0.05, 0.1) is 35.3 Å². The third-order valence-corrected chi connectivity index (χ3v) is 8.31. The molecule has 4 aromatic rings. The quantitative estimate of drug-likeness (QED) is 0.375. The second kappa shape index (κ2) is 9.84. The maximum atomic E-state index is 13.1. The number of hydrogen-bond acceptors (Lipinski definition) is 8. The number of carbonyl (C=O) groups is 2. The van der Waals surface area contributed by atoms with Gasteiger partial charge < -0.3 is 25.2 Å². The molecule has 11 heteroatoms. The summed E-state index contributed by atoms with van der Waals surface area (Å²) in [7, 11) is 5.89. The number of likely N-dealkylation sites (tertiary alicyclic amines) is 1. The van der Waals surface area contributed by atoms with Crippen molar-refractivity contribution < 1.29 is 14.3 Å². The van der Waals surface area contributed by atoms with Crippen LogP contribution in [0.5, 0.6) is 5.88 Å². The fraction of sp³-hybridized carbons (Fsp3) is 0.367. The van der Waals surface area contributed by atoms with Gasteiger partial charge in [-0.25, -0.2) is 14.5 Å². The molecule has 41 heavy (non-hydrogen) atoms. The Balaban J connectivity index is 1.25. The van der Waals surface area contributed by atoms with Crippen LogP contribution in [0.4, 0.5) is 11.5 Å². The number of nitrogens with zero attached hydrogens (tertiary/aromatic N) is 6. The topological polar surface area (TPSA) is 117 Å². The van der Waals surface area contributed by atoms with E-state index in [4.69, 9.17) is 9.72 Å². The first-order valence-corrected chi connectivity index (χ1v) is 14.0. The predicted octanol–water partition coefficient (Wildman–Crippen LogP) is 3.11. The third-order valence-electron chi connectivity index (χ3n) is 8.31. The van der Waals surface area contributed by atoms with Gasteiger partial charge in [-0.05, 0) is 55.3 Å². The zero-order chi connectivity index (χ0) is 28.2. The molecule has 1 fully saturated rings. The summed E-state index contributed by atoms with van der Waals surface area (Å²) < 4.78 is 7.47. The molecule has 6 heterocycles. The van der Waals surface area contributed by atoms with Crippen molar-refractivity contribution in [1.82, 2.24) is 34.7 Å². The van der Waals surface area contributed by atoms with Crippen molar-refractivity contribution in [2.75, 3.05) is 39.6 Å². The molecule has 2 N–H and O–H groups in total. The molecule has 3 aliphatic heterocycles. The predicted molar refractivity (Wildman–Crippen MR) is 153 cm³/mol. The number of rotatable bonds is 6. The molecule has 0 aliphatic carbocycles.